The van der Waals surface area contributed by atoms with Crippen molar-refractivity contribution in [3.63, 3.8) is 0 Å². The summed E-state index contributed by atoms with van der Waals surface area (Å²) < 4.78 is 0. The molecule has 1 rings (SSSR count). The van der Waals surface area contributed by atoms with Crippen molar-refractivity contribution in [2.24, 2.45) is 0 Å². The zero-order valence-corrected chi connectivity index (χ0v) is 10.9. The lowest BCUT2D eigenvalue weighted by Gasteiger charge is -2.11. The van der Waals surface area contributed by atoms with Crippen LogP contribution in [0.5, 0.6) is 0 Å². The largest absolute Gasteiger partial charge is 0.302 e. The fraction of sp³-hybridized carbons (Fsp3) is 0.462. The first-order valence-electron chi connectivity index (χ1n) is 5.50. The summed E-state index contributed by atoms with van der Waals surface area (Å²) in [4.78, 5) is 1.28. The Hall–Kier alpha value is -0.980. The van der Waals surface area contributed by atoms with Gasteiger partial charge in [0.1, 0.15) is 6.04 Å². The summed E-state index contributed by atoms with van der Waals surface area (Å²) in [6, 6.07) is 8.64. The van der Waals surface area contributed by atoms with E-state index in [4.69, 9.17) is 5.26 Å². The van der Waals surface area contributed by atoms with E-state index in [-0.39, 0.29) is 6.04 Å². The highest BCUT2D eigenvalue weighted by molar-refractivity contribution is 7.99. The minimum absolute atomic E-state index is 0.0603. The van der Waals surface area contributed by atoms with Crippen LogP contribution >= 0.6 is 11.8 Å². The minimum Gasteiger partial charge on any atom is -0.302 e. The molecule has 1 aromatic rings. The highest BCUT2D eigenvalue weighted by Gasteiger charge is 2.07. The lowest BCUT2D eigenvalue weighted by atomic mass is 10.2. The zero-order valence-electron chi connectivity index (χ0n) is 10.1. The number of nitriles is 1. The Morgan fingerprint density at radius 2 is 2.19 bits per heavy atom. The van der Waals surface area contributed by atoms with Crippen LogP contribution in [0.1, 0.15) is 18.1 Å². The van der Waals surface area contributed by atoms with Gasteiger partial charge in [-0.1, -0.05) is 24.6 Å². The summed E-state index contributed by atoms with van der Waals surface area (Å²) in [5, 5.41) is 12.1. The standard InChI is InChI=1S/C13H18N2S/c1-4-15-12(8-14)9-16-13-7-10(2)5-6-11(13)3/h5-7,12,15H,4,9H2,1-3H3. The first kappa shape index (κ1) is 13.1. The Morgan fingerprint density at radius 3 is 2.81 bits per heavy atom. The third-order valence-electron chi connectivity index (χ3n) is 2.36. The molecule has 86 valence electrons. The Labute approximate surface area is 102 Å². The van der Waals surface area contributed by atoms with Crippen LogP contribution in [0.4, 0.5) is 0 Å². The fourth-order valence-corrected chi connectivity index (χ4v) is 2.53. The van der Waals surface area contributed by atoms with E-state index in [0.717, 1.165) is 12.3 Å². The Bertz CT molecular complexity index is 382. The van der Waals surface area contributed by atoms with Crippen LogP contribution in [0.2, 0.25) is 0 Å². The Kier molecular flexibility index (Phi) is 5.37. The number of hydrogen-bond acceptors (Lipinski definition) is 3. The van der Waals surface area contributed by atoms with Gasteiger partial charge in [-0.05, 0) is 32.0 Å². The van der Waals surface area contributed by atoms with Gasteiger partial charge in [0.2, 0.25) is 0 Å². The van der Waals surface area contributed by atoms with Crippen molar-refractivity contribution in [1.82, 2.24) is 5.32 Å². The van der Waals surface area contributed by atoms with E-state index >= 15 is 0 Å². The maximum Gasteiger partial charge on any atom is 0.105 e. The molecule has 0 fully saturated rings. The summed E-state index contributed by atoms with van der Waals surface area (Å²) in [5.74, 6) is 0.800. The van der Waals surface area contributed by atoms with Crippen molar-refractivity contribution in [2.75, 3.05) is 12.3 Å². The fourth-order valence-electron chi connectivity index (χ4n) is 1.42. The Balaban J connectivity index is 2.60. The Morgan fingerprint density at radius 1 is 1.44 bits per heavy atom. The molecule has 3 heteroatoms. The van der Waals surface area contributed by atoms with Gasteiger partial charge in [0.05, 0.1) is 6.07 Å². The molecule has 16 heavy (non-hydrogen) atoms. The first-order chi connectivity index (χ1) is 7.67. The van der Waals surface area contributed by atoms with Crippen molar-refractivity contribution in [3.8, 4) is 6.07 Å². The van der Waals surface area contributed by atoms with Gasteiger partial charge in [-0.25, -0.2) is 0 Å². The number of hydrogen-bond donors (Lipinski definition) is 1. The molecule has 0 aliphatic rings. The van der Waals surface area contributed by atoms with Gasteiger partial charge < -0.3 is 5.32 Å². The smallest absolute Gasteiger partial charge is 0.105 e. The van der Waals surface area contributed by atoms with Crippen LogP contribution in [0, 0.1) is 25.2 Å². The molecule has 1 atom stereocenters. The van der Waals surface area contributed by atoms with E-state index in [1.165, 1.54) is 16.0 Å². The first-order valence-corrected chi connectivity index (χ1v) is 6.49. The molecule has 0 radical (unpaired) electrons. The van der Waals surface area contributed by atoms with Crippen LogP contribution in [0.3, 0.4) is 0 Å². The quantitative estimate of drug-likeness (QED) is 0.796. The van der Waals surface area contributed by atoms with Gasteiger partial charge in [-0.3, -0.25) is 0 Å². The molecule has 0 heterocycles. The van der Waals surface area contributed by atoms with E-state index in [2.05, 4.69) is 43.4 Å². The van der Waals surface area contributed by atoms with Crippen LogP contribution in [0.15, 0.2) is 23.1 Å². The van der Waals surface area contributed by atoms with Crippen molar-refractivity contribution in [1.29, 1.82) is 5.26 Å². The molecule has 2 nitrogen and oxygen atoms in total. The third kappa shape index (κ3) is 3.88. The predicted octanol–water partition coefficient (Wildman–Crippen LogP) is 2.90. The summed E-state index contributed by atoms with van der Waals surface area (Å²) in [7, 11) is 0. The monoisotopic (exact) mass is 234 g/mol. The SMILES string of the molecule is CCNC(C#N)CSc1cc(C)ccc1C. The number of thioether (sulfide) groups is 1. The highest BCUT2D eigenvalue weighted by Crippen LogP contribution is 2.23. The van der Waals surface area contributed by atoms with Crippen molar-refractivity contribution in [2.45, 2.75) is 31.7 Å². The summed E-state index contributed by atoms with van der Waals surface area (Å²) in [6.07, 6.45) is 0. The van der Waals surface area contributed by atoms with Gasteiger partial charge in [0, 0.05) is 10.6 Å². The molecule has 0 bridgehead atoms. The van der Waals surface area contributed by atoms with E-state index < -0.39 is 0 Å². The molecule has 0 saturated carbocycles. The summed E-state index contributed by atoms with van der Waals surface area (Å²) in [5.41, 5.74) is 2.55. The molecule has 1 aromatic carbocycles. The molecule has 0 amide bonds. The average molecular weight is 234 g/mol. The maximum atomic E-state index is 8.93. The number of benzene rings is 1. The third-order valence-corrected chi connectivity index (χ3v) is 3.61. The van der Waals surface area contributed by atoms with Gasteiger partial charge in [-0.15, -0.1) is 11.8 Å². The van der Waals surface area contributed by atoms with Gasteiger partial charge in [0.15, 0.2) is 0 Å². The molecular formula is C13H18N2S. The van der Waals surface area contributed by atoms with Crippen LogP contribution < -0.4 is 5.32 Å². The molecular weight excluding hydrogens is 216 g/mol. The predicted molar refractivity (Wildman–Crippen MR) is 69.7 cm³/mol. The molecule has 1 N–H and O–H groups in total. The van der Waals surface area contributed by atoms with E-state index in [9.17, 15) is 0 Å². The molecule has 0 saturated heterocycles. The van der Waals surface area contributed by atoms with Gasteiger partial charge >= 0.3 is 0 Å². The lowest BCUT2D eigenvalue weighted by molar-refractivity contribution is 0.677. The number of aryl methyl sites for hydroxylation is 2. The van der Waals surface area contributed by atoms with Crippen molar-refractivity contribution in [3.05, 3.63) is 29.3 Å². The summed E-state index contributed by atoms with van der Waals surface area (Å²) in [6.45, 7) is 7.06. The van der Waals surface area contributed by atoms with E-state index in [1.54, 1.807) is 11.8 Å². The number of nitrogens with zero attached hydrogens (tertiary/aromatic N) is 1. The van der Waals surface area contributed by atoms with Crippen LogP contribution in [-0.2, 0) is 0 Å². The van der Waals surface area contributed by atoms with Gasteiger partial charge in [0.25, 0.3) is 0 Å². The van der Waals surface area contributed by atoms with Crippen molar-refractivity contribution < 1.29 is 0 Å². The highest BCUT2D eigenvalue weighted by atomic mass is 32.2. The second kappa shape index (κ2) is 6.57. The summed E-state index contributed by atoms with van der Waals surface area (Å²) >= 11 is 1.75. The molecule has 0 spiro atoms. The van der Waals surface area contributed by atoms with Crippen LogP contribution in [0.25, 0.3) is 0 Å². The van der Waals surface area contributed by atoms with Crippen LogP contribution in [-0.4, -0.2) is 18.3 Å². The molecule has 0 aromatic heterocycles. The van der Waals surface area contributed by atoms with Gasteiger partial charge in [-0.2, -0.15) is 5.26 Å². The minimum atomic E-state index is -0.0603. The van der Waals surface area contributed by atoms with E-state index in [1.807, 2.05) is 6.92 Å². The molecule has 0 aliphatic carbocycles. The lowest BCUT2D eigenvalue weighted by Crippen LogP contribution is -2.29. The second-order valence-electron chi connectivity index (χ2n) is 3.82. The molecule has 0 aliphatic heterocycles. The number of rotatable bonds is 5. The maximum absolute atomic E-state index is 8.93. The second-order valence-corrected chi connectivity index (χ2v) is 4.88. The number of nitrogens with one attached hydrogen (secondary N) is 1. The zero-order chi connectivity index (χ0) is 12.0. The molecule has 1 unspecified atom stereocenters. The normalized spacial score (nSPS) is 12.1. The van der Waals surface area contributed by atoms with Crippen molar-refractivity contribution >= 4 is 11.8 Å². The average Bonchev–Trinajstić information content (AvgIpc) is 2.28. The van der Waals surface area contributed by atoms with E-state index in [0.29, 0.717) is 0 Å². The topological polar surface area (TPSA) is 35.8 Å².